The van der Waals surface area contributed by atoms with Crippen molar-refractivity contribution in [1.82, 2.24) is 4.98 Å². The van der Waals surface area contributed by atoms with Crippen LogP contribution in [0.4, 0.5) is 5.69 Å². The Morgan fingerprint density at radius 2 is 1.88 bits per heavy atom. The summed E-state index contributed by atoms with van der Waals surface area (Å²) in [5, 5.41) is 1.78. The number of hydrogen-bond donors (Lipinski definition) is 1. The third-order valence-corrected chi connectivity index (χ3v) is 5.41. The Kier molecular flexibility index (Phi) is 4.96. The molecular weight excluding hydrogens is 346 g/mol. The number of nitrogens with zero attached hydrogens (tertiary/aromatic N) is 2. The number of ether oxygens (including phenoxy) is 1. The van der Waals surface area contributed by atoms with Gasteiger partial charge in [0, 0.05) is 22.7 Å². The minimum Gasteiger partial charge on any atom is -0.497 e. The van der Waals surface area contributed by atoms with Crippen molar-refractivity contribution in [2.24, 2.45) is 0 Å². The Morgan fingerprint density at radius 3 is 2.69 bits per heavy atom. The molecule has 0 spiro atoms. The molecule has 134 valence electrons. The lowest BCUT2D eigenvalue weighted by atomic mass is 10.1. The van der Waals surface area contributed by atoms with Gasteiger partial charge in [0.15, 0.2) is 0 Å². The fraction of sp³-hybridized carbons (Fsp3) is 0.286. The minimum absolute atomic E-state index is 0.631. The number of para-hydroxylation sites is 1. The van der Waals surface area contributed by atoms with Gasteiger partial charge in [0.25, 0.3) is 0 Å². The van der Waals surface area contributed by atoms with Gasteiger partial charge in [-0.2, -0.15) is 0 Å². The molecule has 0 aliphatic carbocycles. The molecule has 1 aliphatic rings. The molecule has 4 nitrogen and oxygen atoms in total. The van der Waals surface area contributed by atoms with Gasteiger partial charge in [0.05, 0.1) is 38.8 Å². The molecule has 2 aromatic carbocycles. The van der Waals surface area contributed by atoms with Crippen LogP contribution in [0.1, 0.15) is 5.56 Å². The average molecular weight is 369 g/mol. The lowest BCUT2D eigenvalue weighted by molar-refractivity contribution is -0.914. The van der Waals surface area contributed by atoms with Gasteiger partial charge in [-0.15, -0.1) is 0 Å². The summed E-state index contributed by atoms with van der Waals surface area (Å²) < 4.78 is 5.34. The Balaban J connectivity index is 1.43. The zero-order valence-electron chi connectivity index (χ0n) is 14.9. The third kappa shape index (κ3) is 3.62. The normalized spacial score (nSPS) is 15.4. The van der Waals surface area contributed by atoms with Gasteiger partial charge in [-0.05, 0) is 24.3 Å². The first-order chi connectivity index (χ1) is 12.7. The number of rotatable bonds is 4. The van der Waals surface area contributed by atoms with Gasteiger partial charge in [-0.1, -0.05) is 35.9 Å². The summed E-state index contributed by atoms with van der Waals surface area (Å²) in [6.45, 7) is 5.14. The summed E-state index contributed by atoms with van der Waals surface area (Å²) in [5.41, 5.74) is 3.32. The van der Waals surface area contributed by atoms with Crippen molar-refractivity contribution >= 4 is 28.2 Å². The van der Waals surface area contributed by atoms with Crippen LogP contribution >= 0.6 is 11.6 Å². The molecule has 4 rings (SSSR count). The van der Waals surface area contributed by atoms with Crippen LogP contribution in [0.25, 0.3) is 10.9 Å². The number of halogens is 1. The maximum absolute atomic E-state index is 6.43. The summed E-state index contributed by atoms with van der Waals surface area (Å²) in [7, 11) is 1.71. The number of methoxy groups -OCH3 is 1. The lowest BCUT2D eigenvalue weighted by Crippen LogP contribution is -3.13. The van der Waals surface area contributed by atoms with Crippen LogP contribution in [0.2, 0.25) is 5.15 Å². The van der Waals surface area contributed by atoms with Gasteiger partial charge in [-0.3, -0.25) is 0 Å². The Morgan fingerprint density at radius 1 is 1.08 bits per heavy atom. The van der Waals surface area contributed by atoms with Crippen molar-refractivity contribution in [2.45, 2.75) is 6.54 Å². The van der Waals surface area contributed by atoms with Crippen molar-refractivity contribution < 1.29 is 9.64 Å². The molecule has 26 heavy (non-hydrogen) atoms. The van der Waals surface area contributed by atoms with Crippen LogP contribution < -0.4 is 14.5 Å². The number of nitrogens with one attached hydrogen (secondary N) is 1. The number of pyridine rings is 1. The molecule has 0 radical (unpaired) electrons. The summed E-state index contributed by atoms with van der Waals surface area (Å²) in [6.07, 6.45) is 0. The molecule has 1 aromatic heterocycles. The molecule has 1 saturated heterocycles. The number of aromatic nitrogens is 1. The molecule has 1 N–H and O–H groups in total. The van der Waals surface area contributed by atoms with Gasteiger partial charge in [-0.25, -0.2) is 4.98 Å². The Labute approximate surface area is 159 Å². The highest BCUT2D eigenvalue weighted by molar-refractivity contribution is 6.30. The second kappa shape index (κ2) is 7.52. The van der Waals surface area contributed by atoms with Crippen LogP contribution in [-0.4, -0.2) is 38.3 Å². The van der Waals surface area contributed by atoms with Crippen LogP contribution in [0.15, 0.2) is 54.6 Å². The number of fused-ring (bicyclic) bond motifs is 1. The van der Waals surface area contributed by atoms with Crippen LogP contribution in [0.5, 0.6) is 5.75 Å². The van der Waals surface area contributed by atoms with E-state index >= 15 is 0 Å². The second-order valence-corrected chi connectivity index (χ2v) is 7.10. The van der Waals surface area contributed by atoms with Crippen molar-refractivity contribution in [3.63, 3.8) is 0 Å². The smallest absolute Gasteiger partial charge is 0.138 e. The van der Waals surface area contributed by atoms with E-state index in [2.05, 4.69) is 34.1 Å². The Hall–Kier alpha value is -2.30. The minimum atomic E-state index is 0.631. The molecule has 0 saturated carbocycles. The largest absolute Gasteiger partial charge is 0.497 e. The highest BCUT2D eigenvalue weighted by Gasteiger charge is 2.22. The molecule has 0 amide bonds. The summed E-state index contributed by atoms with van der Waals surface area (Å²) in [4.78, 5) is 8.52. The lowest BCUT2D eigenvalue weighted by Gasteiger charge is -2.33. The van der Waals surface area contributed by atoms with Crippen molar-refractivity contribution in [2.75, 3.05) is 38.2 Å². The summed E-state index contributed by atoms with van der Waals surface area (Å²) in [5.74, 6) is 0.909. The molecule has 3 aromatic rings. The standard InChI is InChI=1S/C21H22ClN3O/c1-26-19-7-4-6-18(14-19)25-11-9-24(10-12-25)15-17-13-16-5-2-3-8-20(16)23-21(17)22/h2-8,13-14H,9-12,15H2,1H3/p+1. The second-order valence-electron chi connectivity index (χ2n) is 6.75. The fourth-order valence-corrected chi connectivity index (χ4v) is 3.81. The monoisotopic (exact) mass is 368 g/mol. The maximum Gasteiger partial charge on any atom is 0.138 e. The van der Waals surface area contributed by atoms with E-state index in [-0.39, 0.29) is 0 Å². The van der Waals surface area contributed by atoms with Crippen LogP contribution in [-0.2, 0) is 6.54 Å². The zero-order valence-corrected chi connectivity index (χ0v) is 15.7. The van der Waals surface area contributed by atoms with E-state index in [4.69, 9.17) is 16.3 Å². The average Bonchev–Trinajstić information content (AvgIpc) is 2.69. The molecule has 0 bridgehead atoms. The van der Waals surface area contributed by atoms with Gasteiger partial charge in [0.1, 0.15) is 17.4 Å². The van der Waals surface area contributed by atoms with E-state index in [1.165, 1.54) is 5.69 Å². The van der Waals surface area contributed by atoms with E-state index < -0.39 is 0 Å². The molecular formula is C21H23ClN3O+. The van der Waals surface area contributed by atoms with Crippen molar-refractivity contribution in [3.8, 4) is 5.75 Å². The summed E-state index contributed by atoms with van der Waals surface area (Å²) in [6, 6.07) is 18.6. The van der Waals surface area contributed by atoms with Crippen LogP contribution in [0, 0.1) is 0 Å². The predicted molar refractivity (Wildman–Crippen MR) is 106 cm³/mol. The van der Waals surface area contributed by atoms with E-state index in [9.17, 15) is 0 Å². The topological polar surface area (TPSA) is 29.8 Å². The van der Waals surface area contributed by atoms with E-state index in [1.807, 2.05) is 30.3 Å². The van der Waals surface area contributed by atoms with Crippen molar-refractivity contribution in [3.05, 3.63) is 65.3 Å². The van der Waals surface area contributed by atoms with E-state index in [0.717, 1.165) is 54.9 Å². The number of anilines is 1. The van der Waals surface area contributed by atoms with E-state index in [1.54, 1.807) is 12.0 Å². The highest BCUT2D eigenvalue weighted by Crippen LogP contribution is 2.22. The zero-order chi connectivity index (χ0) is 17.9. The van der Waals surface area contributed by atoms with Gasteiger partial charge in [0.2, 0.25) is 0 Å². The number of benzene rings is 2. The number of hydrogen-bond acceptors (Lipinski definition) is 3. The quantitative estimate of drug-likeness (QED) is 0.718. The van der Waals surface area contributed by atoms with Gasteiger partial charge >= 0.3 is 0 Å². The molecule has 5 heteroatoms. The molecule has 1 aliphatic heterocycles. The predicted octanol–water partition coefficient (Wildman–Crippen LogP) is 2.80. The first-order valence-electron chi connectivity index (χ1n) is 8.99. The molecule has 2 heterocycles. The maximum atomic E-state index is 6.43. The third-order valence-electron chi connectivity index (χ3n) is 5.08. The van der Waals surface area contributed by atoms with Crippen molar-refractivity contribution in [1.29, 1.82) is 0 Å². The summed E-state index contributed by atoms with van der Waals surface area (Å²) >= 11 is 6.43. The van der Waals surface area contributed by atoms with Crippen LogP contribution in [0.3, 0.4) is 0 Å². The van der Waals surface area contributed by atoms with Gasteiger partial charge < -0.3 is 14.5 Å². The molecule has 1 fully saturated rings. The molecule has 0 unspecified atom stereocenters. The first-order valence-corrected chi connectivity index (χ1v) is 9.37. The molecule has 0 atom stereocenters. The number of piperazine rings is 1. The SMILES string of the molecule is COc1cccc(N2CC[NH+](Cc3cc4ccccc4nc3Cl)CC2)c1. The Bertz CT molecular complexity index is 907. The fourth-order valence-electron chi connectivity index (χ4n) is 3.59. The number of quaternary nitrogens is 1. The first kappa shape index (κ1) is 17.1. The highest BCUT2D eigenvalue weighted by atomic mass is 35.5. The van der Waals surface area contributed by atoms with E-state index in [0.29, 0.717) is 5.15 Å².